The number of nitrogens with one attached hydrogen (secondary N) is 3. The van der Waals surface area contributed by atoms with Crippen LogP contribution in [0.4, 0.5) is 5.69 Å². The Morgan fingerprint density at radius 3 is 2.30 bits per heavy atom. The summed E-state index contributed by atoms with van der Waals surface area (Å²) in [5.74, 6) is 0.809. The summed E-state index contributed by atoms with van der Waals surface area (Å²) in [7, 11) is 3.07. The van der Waals surface area contributed by atoms with Crippen LogP contribution in [-0.2, 0) is 11.2 Å². The van der Waals surface area contributed by atoms with E-state index in [2.05, 4.69) is 16.0 Å². The molecule has 1 unspecified atom stereocenters. The fourth-order valence-corrected chi connectivity index (χ4v) is 3.06. The molecule has 0 aliphatic rings. The van der Waals surface area contributed by atoms with Gasteiger partial charge in [0.05, 0.1) is 26.3 Å². The number of benzene rings is 2. The van der Waals surface area contributed by atoms with Gasteiger partial charge in [-0.2, -0.15) is 0 Å². The highest BCUT2D eigenvalue weighted by molar-refractivity contribution is 7.80. The summed E-state index contributed by atoms with van der Waals surface area (Å²) in [6, 6.07) is 12.8. The van der Waals surface area contributed by atoms with Crippen molar-refractivity contribution in [2.45, 2.75) is 23.3 Å². The van der Waals surface area contributed by atoms with Crippen LogP contribution in [0.2, 0.25) is 0 Å². The van der Waals surface area contributed by atoms with Gasteiger partial charge in [-0.15, -0.1) is 0 Å². The predicted molar refractivity (Wildman–Crippen MR) is 126 cm³/mol. The Hall–Kier alpha value is -1.93. The lowest BCUT2D eigenvalue weighted by Crippen LogP contribution is -2.56. The van der Waals surface area contributed by atoms with Gasteiger partial charge >= 0.3 is 0 Å². The number of anilines is 1. The van der Waals surface area contributed by atoms with E-state index in [4.69, 9.17) is 56.5 Å². The maximum atomic E-state index is 12.5. The Balaban J connectivity index is 2.06. The van der Waals surface area contributed by atoms with Crippen LogP contribution >= 0.6 is 47.0 Å². The average molecular weight is 491 g/mol. The maximum Gasteiger partial charge on any atom is 0.228 e. The highest BCUT2D eigenvalue weighted by Crippen LogP contribution is 2.31. The summed E-state index contributed by atoms with van der Waals surface area (Å²) in [5.41, 5.74) is 2.48. The molecule has 0 heterocycles. The zero-order valence-corrected chi connectivity index (χ0v) is 19.7. The minimum absolute atomic E-state index is 0.119. The van der Waals surface area contributed by atoms with Crippen molar-refractivity contribution < 1.29 is 14.3 Å². The molecule has 30 heavy (non-hydrogen) atoms. The van der Waals surface area contributed by atoms with Crippen LogP contribution < -0.4 is 25.4 Å². The first-order valence-corrected chi connectivity index (χ1v) is 10.4. The van der Waals surface area contributed by atoms with Gasteiger partial charge in [-0.25, -0.2) is 0 Å². The summed E-state index contributed by atoms with van der Waals surface area (Å²) >= 11 is 23.4. The normalized spacial score (nSPS) is 11.9. The third-order valence-electron chi connectivity index (χ3n) is 4.05. The largest absolute Gasteiger partial charge is 0.497 e. The monoisotopic (exact) mass is 489 g/mol. The molecule has 0 spiro atoms. The Morgan fingerprint density at radius 1 is 1.07 bits per heavy atom. The fourth-order valence-electron chi connectivity index (χ4n) is 2.50. The summed E-state index contributed by atoms with van der Waals surface area (Å²) in [6.07, 6.45) is -0.944. The van der Waals surface area contributed by atoms with Gasteiger partial charge < -0.3 is 25.4 Å². The molecule has 1 atom stereocenters. The van der Waals surface area contributed by atoms with E-state index in [1.165, 1.54) is 7.11 Å². The molecule has 3 N–H and O–H groups in total. The number of amides is 1. The number of alkyl halides is 3. The molecule has 0 saturated heterocycles. The first-order valence-electron chi connectivity index (χ1n) is 8.83. The Bertz CT molecular complexity index is 889. The van der Waals surface area contributed by atoms with E-state index in [-0.39, 0.29) is 17.4 Å². The molecule has 162 valence electrons. The molecule has 2 rings (SSSR count). The van der Waals surface area contributed by atoms with Crippen LogP contribution in [-0.4, -0.2) is 35.2 Å². The lowest BCUT2D eigenvalue weighted by Gasteiger charge is -2.28. The number of carbonyl (C=O) groups excluding carboxylic acids is 1. The molecule has 0 fully saturated rings. The van der Waals surface area contributed by atoms with Crippen molar-refractivity contribution in [2.75, 3.05) is 19.5 Å². The molecule has 0 aliphatic heterocycles. The molecule has 0 saturated carbocycles. The van der Waals surface area contributed by atoms with Gasteiger partial charge in [-0.3, -0.25) is 4.79 Å². The van der Waals surface area contributed by atoms with Crippen LogP contribution in [0.15, 0.2) is 42.5 Å². The molecule has 2 aromatic rings. The topological polar surface area (TPSA) is 71.6 Å². The minimum atomic E-state index is -1.85. The van der Waals surface area contributed by atoms with Gasteiger partial charge in [0.15, 0.2) is 5.11 Å². The smallest absolute Gasteiger partial charge is 0.228 e. The van der Waals surface area contributed by atoms with Crippen LogP contribution in [0.5, 0.6) is 11.5 Å². The van der Waals surface area contributed by atoms with E-state index in [1.54, 1.807) is 25.3 Å². The molecule has 0 bridgehead atoms. The Labute approximate surface area is 196 Å². The van der Waals surface area contributed by atoms with E-state index in [1.807, 2.05) is 31.2 Å². The van der Waals surface area contributed by atoms with Gasteiger partial charge in [0.25, 0.3) is 0 Å². The van der Waals surface area contributed by atoms with E-state index in [0.29, 0.717) is 17.2 Å². The highest BCUT2D eigenvalue weighted by Gasteiger charge is 2.34. The number of rotatable bonds is 7. The summed E-state index contributed by atoms with van der Waals surface area (Å²) in [6.45, 7) is 1.97. The van der Waals surface area contributed by atoms with Crippen molar-refractivity contribution in [1.82, 2.24) is 10.6 Å². The van der Waals surface area contributed by atoms with Gasteiger partial charge in [0, 0.05) is 6.07 Å². The second kappa shape index (κ2) is 10.9. The summed E-state index contributed by atoms with van der Waals surface area (Å²) < 4.78 is 8.66. The molecule has 0 aliphatic carbocycles. The minimum Gasteiger partial charge on any atom is -0.497 e. The van der Waals surface area contributed by atoms with E-state index in [0.717, 1.165) is 11.1 Å². The van der Waals surface area contributed by atoms with E-state index < -0.39 is 9.96 Å². The molecule has 0 aromatic heterocycles. The summed E-state index contributed by atoms with van der Waals surface area (Å²) in [5, 5.41) is 8.55. The predicted octanol–water partition coefficient (Wildman–Crippen LogP) is 4.35. The zero-order valence-electron chi connectivity index (χ0n) is 16.6. The number of methoxy groups -OCH3 is 2. The first-order chi connectivity index (χ1) is 14.1. The molecule has 1 amide bonds. The second-order valence-electron chi connectivity index (χ2n) is 6.37. The van der Waals surface area contributed by atoms with E-state index >= 15 is 0 Å². The van der Waals surface area contributed by atoms with Gasteiger partial charge in [-0.05, 0) is 36.8 Å². The number of hydrogen-bond acceptors (Lipinski definition) is 4. The average Bonchev–Trinajstić information content (AvgIpc) is 2.68. The van der Waals surface area contributed by atoms with Crippen molar-refractivity contribution in [3.05, 3.63) is 53.6 Å². The highest BCUT2D eigenvalue weighted by atomic mass is 35.6. The Morgan fingerprint density at radius 2 is 1.73 bits per heavy atom. The number of hydrogen-bond donors (Lipinski definition) is 3. The van der Waals surface area contributed by atoms with Crippen LogP contribution in [0.25, 0.3) is 0 Å². The Kier molecular flexibility index (Phi) is 8.85. The van der Waals surface area contributed by atoms with Crippen molar-refractivity contribution >= 4 is 63.7 Å². The zero-order chi connectivity index (χ0) is 22.3. The van der Waals surface area contributed by atoms with Crippen molar-refractivity contribution in [1.29, 1.82) is 0 Å². The van der Waals surface area contributed by atoms with Gasteiger partial charge in [0.2, 0.25) is 9.70 Å². The summed E-state index contributed by atoms with van der Waals surface area (Å²) in [4.78, 5) is 12.5. The molecule has 2 aromatic carbocycles. The SMILES string of the molecule is COc1ccc(OC)c(NC(=S)NC(NC(=O)Cc2ccc(C)cc2)C(Cl)(Cl)Cl)c1. The lowest BCUT2D eigenvalue weighted by atomic mass is 10.1. The number of thiocarbonyl (C=S) groups is 1. The molecular formula is C20H22Cl3N3O3S. The van der Waals surface area contributed by atoms with E-state index in [9.17, 15) is 4.79 Å². The van der Waals surface area contributed by atoms with Crippen molar-refractivity contribution in [2.24, 2.45) is 0 Å². The molecule has 0 radical (unpaired) electrons. The third-order valence-corrected chi connectivity index (χ3v) is 4.92. The van der Waals surface area contributed by atoms with Gasteiger partial charge in [0.1, 0.15) is 17.7 Å². The number of carbonyl (C=O) groups is 1. The van der Waals surface area contributed by atoms with Crippen LogP contribution in [0.1, 0.15) is 11.1 Å². The van der Waals surface area contributed by atoms with Crippen molar-refractivity contribution in [3.63, 3.8) is 0 Å². The second-order valence-corrected chi connectivity index (χ2v) is 9.15. The third kappa shape index (κ3) is 7.40. The van der Waals surface area contributed by atoms with Crippen molar-refractivity contribution in [3.8, 4) is 11.5 Å². The standard InChI is InChI=1S/C20H22Cl3N3O3S/c1-12-4-6-13(7-5-12)10-17(27)25-18(20(21,22)23)26-19(30)24-15-11-14(28-2)8-9-16(15)29-3/h4-9,11,18H,10H2,1-3H3,(H,25,27)(H2,24,26,30). The quantitative estimate of drug-likeness (QED) is 0.304. The van der Waals surface area contributed by atoms with Gasteiger partial charge in [-0.1, -0.05) is 64.6 Å². The first kappa shape index (κ1) is 24.3. The number of halogens is 3. The fraction of sp³-hybridized carbons (Fsp3) is 0.300. The lowest BCUT2D eigenvalue weighted by molar-refractivity contribution is -0.121. The van der Waals surface area contributed by atoms with Crippen LogP contribution in [0.3, 0.4) is 0 Å². The van der Waals surface area contributed by atoms with Crippen LogP contribution in [0, 0.1) is 6.92 Å². The number of aryl methyl sites for hydroxylation is 1. The maximum absolute atomic E-state index is 12.5. The molecule has 10 heteroatoms. The number of ether oxygens (including phenoxy) is 2. The molecular weight excluding hydrogens is 469 g/mol. The molecule has 6 nitrogen and oxygen atoms in total.